The van der Waals surface area contributed by atoms with Gasteiger partial charge in [0, 0.05) is 37.0 Å². The summed E-state index contributed by atoms with van der Waals surface area (Å²) in [5.74, 6) is -0.569. The number of H-pyrrole nitrogens is 1. The van der Waals surface area contributed by atoms with Gasteiger partial charge in [0.1, 0.15) is 0 Å². The number of hydrogen-bond donors (Lipinski definition) is 1. The van der Waals surface area contributed by atoms with E-state index in [1.165, 1.54) is 0 Å². The van der Waals surface area contributed by atoms with Crippen LogP contribution in [0, 0.1) is 0 Å². The molecule has 1 aliphatic heterocycles. The molecule has 0 saturated carbocycles. The van der Waals surface area contributed by atoms with Gasteiger partial charge in [0.15, 0.2) is 5.75 Å². The molecule has 2 aromatic rings. The van der Waals surface area contributed by atoms with Crippen LogP contribution in [0.3, 0.4) is 0 Å². The maximum atomic E-state index is 12.5. The molecule has 2 heterocycles. The molecule has 6 nitrogen and oxygen atoms in total. The van der Waals surface area contributed by atoms with Crippen LogP contribution in [0.15, 0.2) is 41.2 Å². The van der Waals surface area contributed by atoms with E-state index in [0.29, 0.717) is 18.8 Å². The largest absolute Gasteiger partial charge is 0.534 e. The summed E-state index contributed by atoms with van der Waals surface area (Å²) in [6, 6.07) is 10.3. The van der Waals surface area contributed by atoms with Crippen molar-refractivity contribution in [1.29, 1.82) is 0 Å². The predicted octanol–water partition coefficient (Wildman–Crippen LogP) is 2.16. The molecular weight excluding hydrogens is 373 g/mol. The number of nitrogens with zero attached hydrogens (tertiary/aromatic N) is 1. The standard InChI is InChI=1S/C16H15F3N2O4S/c17-16(18,19)26(23,24)25-14-8-15(22)20-13-10-21(7-6-12(13)14)9-11-4-2-1-3-5-11/h1-5,8H,6-7,9-10H2,(H,20,22). The number of alkyl halides is 3. The molecule has 0 unspecified atom stereocenters. The minimum Gasteiger partial charge on any atom is -0.375 e. The van der Waals surface area contributed by atoms with Crippen LogP contribution in [0.5, 0.6) is 5.75 Å². The van der Waals surface area contributed by atoms with E-state index in [2.05, 4.69) is 9.17 Å². The molecule has 1 aliphatic rings. The molecule has 26 heavy (non-hydrogen) atoms. The molecule has 1 aromatic heterocycles. The number of halogens is 3. The van der Waals surface area contributed by atoms with Crippen molar-refractivity contribution in [3.8, 4) is 5.75 Å². The van der Waals surface area contributed by atoms with Crippen LogP contribution < -0.4 is 9.74 Å². The minimum absolute atomic E-state index is 0.252. The van der Waals surface area contributed by atoms with Gasteiger partial charge in [-0.3, -0.25) is 9.69 Å². The molecule has 0 amide bonds. The summed E-state index contributed by atoms with van der Waals surface area (Å²) < 4.78 is 64.4. The molecule has 140 valence electrons. The smallest absolute Gasteiger partial charge is 0.375 e. The van der Waals surface area contributed by atoms with Crippen molar-refractivity contribution in [2.75, 3.05) is 6.54 Å². The minimum atomic E-state index is -5.83. The van der Waals surface area contributed by atoms with Crippen molar-refractivity contribution in [2.24, 2.45) is 0 Å². The molecule has 3 rings (SSSR count). The Labute approximate surface area is 147 Å². The van der Waals surface area contributed by atoms with Crippen molar-refractivity contribution in [3.63, 3.8) is 0 Å². The van der Waals surface area contributed by atoms with Crippen molar-refractivity contribution >= 4 is 10.1 Å². The number of benzene rings is 1. The van der Waals surface area contributed by atoms with Gasteiger partial charge >= 0.3 is 15.6 Å². The molecule has 0 bridgehead atoms. The van der Waals surface area contributed by atoms with Crippen molar-refractivity contribution in [3.05, 3.63) is 63.6 Å². The Morgan fingerprint density at radius 1 is 1.19 bits per heavy atom. The fourth-order valence-electron chi connectivity index (χ4n) is 2.81. The average Bonchev–Trinajstić information content (AvgIpc) is 2.54. The molecule has 0 fully saturated rings. The lowest BCUT2D eigenvalue weighted by Crippen LogP contribution is -2.34. The Morgan fingerprint density at radius 2 is 1.88 bits per heavy atom. The van der Waals surface area contributed by atoms with E-state index in [0.717, 1.165) is 11.6 Å². The van der Waals surface area contributed by atoms with Gasteiger partial charge in [0.2, 0.25) is 0 Å². The number of hydrogen-bond acceptors (Lipinski definition) is 5. The van der Waals surface area contributed by atoms with Gasteiger partial charge in [0.05, 0.1) is 0 Å². The fourth-order valence-corrected chi connectivity index (χ4v) is 3.29. The number of aromatic amines is 1. The topological polar surface area (TPSA) is 79.5 Å². The van der Waals surface area contributed by atoms with Crippen LogP contribution in [0.1, 0.15) is 16.8 Å². The van der Waals surface area contributed by atoms with Crippen molar-refractivity contribution < 1.29 is 25.8 Å². The Kier molecular flexibility index (Phi) is 4.80. The summed E-state index contributed by atoms with van der Waals surface area (Å²) in [5.41, 5.74) is -4.62. The molecule has 0 aliphatic carbocycles. The van der Waals surface area contributed by atoms with Gasteiger partial charge in [-0.15, -0.1) is 0 Å². The van der Waals surface area contributed by atoms with E-state index in [1.807, 2.05) is 35.2 Å². The van der Waals surface area contributed by atoms with Crippen LogP contribution in [0.2, 0.25) is 0 Å². The number of rotatable bonds is 4. The molecule has 0 radical (unpaired) electrons. The number of pyridine rings is 1. The highest BCUT2D eigenvalue weighted by atomic mass is 32.2. The third-order valence-electron chi connectivity index (χ3n) is 3.99. The third-order valence-corrected chi connectivity index (χ3v) is 4.96. The Bertz CT molecular complexity index is 956. The first-order valence-corrected chi connectivity index (χ1v) is 9.08. The normalized spacial score (nSPS) is 15.5. The van der Waals surface area contributed by atoms with E-state index in [-0.39, 0.29) is 18.5 Å². The first kappa shape index (κ1) is 18.5. The number of nitrogens with one attached hydrogen (secondary N) is 1. The fraction of sp³-hybridized carbons (Fsp3) is 0.312. The predicted molar refractivity (Wildman–Crippen MR) is 86.9 cm³/mol. The second-order valence-corrected chi connectivity index (χ2v) is 7.42. The van der Waals surface area contributed by atoms with Crippen LogP contribution >= 0.6 is 0 Å². The van der Waals surface area contributed by atoms with Gasteiger partial charge in [-0.05, 0) is 12.0 Å². The monoisotopic (exact) mass is 388 g/mol. The number of aromatic nitrogens is 1. The molecule has 0 atom stereocenters. The van der Waals surface area contributed by atoms with Gasteiger partial charge < -0.3 is 9.17 Å². The second kappa shape index (κ2) is 6.76. The first-order valence-electron chi connectivity index (χ1n) is 7.68. The molecular formula is C16H15F3N2O4S. The van der Waals surface area contributed by atoms with E-state index in [9.17, 15) is 26.4 Å². The van der Waals surface area contributed by atoms with Crippen molar-refractivity contribution in [2.45, 2.75) is 25.0 Å². The zero-order valence-corrected chi connectivity index (χ0v) is 14.2. The summed E-state index contributed by atoms with van der Waals surface area (Å²) in [7, 11) is -5.83. The van der Waals surface area contributed by atoms with Crippen LogP contribution in [-0.4, -0.2) is 30.4 Å². The maximum absolute atomic E-state index is 12.5. The summed E-state index contributed by atoms with van der Waals surface area (Å²) in [6.07, 6.45) is 0.252. The lowest BCUT2D eigenvalue weighted by molar-refractivity contribution is -0.0500. The average molecular weight is 388 g/mol. The zero-order chi connectivity index (χ0) is 18.9. The Balaban J connectivity index is 1.86. The van der Waals surface area contributed by atoms with Gasteiger partial charge in [-0.2, -0.15) is 21.6 Å². The summed E-state index contributed by atoms with van der Waals surface area (Å²) in [4.78, 5) is 16.3. The van der Waals surface area contributed by atoms with Gasteiger partial charge in [0.25, 0.3) is 5.56 Å². The highest BCUT2D eigenvalue weighted by Gasteiger charge is 2.49. The third kappa shape index (κ3) is 3.91. The van der Waals surface area contributed by atoms with Crippen molar-refractivity contribution in [1.82, 2.24) is 9.88 Å². The summed E-state index contributed by atoms with van der Waals surface area (Å²) in [6.45, 7) is 1.34. The van der Waals surface area contributed by atoms with E-state index in [1.54, 1.807) is 0 Å². The lowest BCUT2D eigenvalue weighted by atomic mass is 10.0. The maximum Gasteiger partial charge on any atom is 0.534 e. The summed E-state index contributed by atoms with van der Waals surface area (Å²) >= 11 is 0. The first-order chi connectivity index (χ1) is 12.2. The van der Waals surface area contributed by atoms with Crippen LogP contribution in [-0.2, 0) is 29.6 Å². The van der Waals surface area contributed by atoms with Gasteiger partial charge in [-0.1, -0.05) is 30.3 Å². The Morgan fingerprint density at radius 3 is 2.54 bits per heavy atom. The molecule has 10 heteroatoms. The zero-order valence-electron chi connectivity index (χ0n) is 13.4. The highest BCUT2D eigenvalue weighted by Crippen LogP contribution is 2.31. The van der Waals surface area contributed by atoms with E-state index in [4.69, 9.17) is 0 Å². The van der Waals surface area contributed by atoms with Gasteiger partial charge in [-0.25, -0.2) is 0 Å². The molecule has 0 spiro atoms. The quantitative estimate of drug-likeness (QED) is 0.642. The van der Waals surface area contributed by atoms with E-state index >= 15 is 0 Å². The summed E-state index contributed by atoms with van der Waals surface area (Å²) in [5, 5.41) is 0. The molecule has 0 saturated heterocycles. The van der Waals surface area contributed by atoms with E-state index < -0.39 is 26.9 Å². The van der Waals surface area contributed by atoms with Crippen LogP contribution in [0.4, 0.5) is 13.2 Å². The lowest BCUT2D eigenvalue weighted by Gasteiger charge is -2.29. The Hall–Kier alpha value is -2.33. The highest BCUT2D eigenvalue weighted by molar-refractivity contribution is 7.88. The SMILES string of the molecule is O=c1cc(OS(=O)(=O)C(F)(F)F)c2c([nH]1)CN(Cc1ccccc1)CC2. The molecule has 1 aromatic carbocycles. The number of fused-ring (bicyclic) bond motifs is 1. The second-order valence-electron chi connectivity index (χ2n) is 5.88. The molecule has 1 N–H and O–H groups in total. The van der Waals surface area contributed by atoms with Crippen LogP contribution in [0.25, 0.3) is 0 Å².